The van der Waals surface area contributed by atoms with Crippen molar-refractivity contribution in [2.45, 2.75) is 32.6 Å². The second-order valence-corrected chi connectivity index (χ2v) is 5.08. The van der Waals surface area contributed by atoms with Gasteiger partial charge in [-0.15, -0.1) is 12.3 Å². The van der Waals surface area contributed by atoms with Gasteiger partial charge in [0, 0.05) is 19.5 Å². The molecule has 0 radical (unpaired) electrons. The molecule has 0 saturated heterocycles. The van der Waals surface area contributed by atoms with Gasteiger partial charge >= 0.3 is 0 Å². The number of amides is 1. The first-order chi connectivity index (χ1) is 9.19. The Hall–Kier alpha value is -1.74. The maximum atomic E-state index is 11.9. The number of nitrogen functional groups attached to an aromatic ring is 1. The highest BCUT2D eigenvalue weighted by Crippen LogP contribution is 2.24. The van der Waals surface area contributed by atoms with Crippen molar-refractivity contribution in [1.29, 1.82) is 0 Å². The highest BCUT2D eigenvalue weighted by molar-refractivity contribution is 7.18. The largest absolute Gasteiger partial charge is 0.382 e. The molecule has 1 amide bonds. The molecule has 6 heteroatoms. The van der Waals surface area contributed by atoms with E-state index in [2.05, 4.69) is 28.5 Å². The first-order valence-electron chi connectivity index (χ1n) is 6.40. The van der Waals surface area contributed by atoms with Gasteiger partial charge in [-0.2, -0.15) is 0 Å². The van der Waals surface area contributed by atoms with Crippen LogP contribution in [0.4, 0.5) is 10.9 Å². The first-order valence-corrected chi connectivity index (χ1v) is 7.22. The molecule has 1 aromatic heterocycles. The number of rotatable bonds is 8. The van der Waals surface area contributed by atoms with Crippen molar-refractivity contribution < 1.29 is 4.79 Å². The van der Waals surface area contributed by atoms with E-state index in [1.807, 2.05) is 0 Å². The van der Waals surface area contributed by atoms with Gasteiger partial charge in [0.15, 0.2) is 5.13 Å². The van der Waals surface area contributed by atoms with E-state index in [1.165, 1.54) is 11.3 Å². The lowest BCUT2D eigenvalue weighted by molar-refractivity contribution is 0.0958. The number of hydrogen-bond acceptors (Lipinski definition) is 5. The molecule has 4 N–H and O–H groups in total. The molecule has 0 atom stereocenters. The summed E-state index contributed by atoms with van der Waals surface area (Å²) in [5.41, 5.74) is 5.74. The Bertz CT molecular complexity index is 450. The summed E-state index contributed by atoms with van der Waals surface area (Å²) in [5.74, 6) is 2.69. The number of carbonyl (C=O) groups excluding carboxylic acids is 1. The second-order valence-electron chi connectivity index (χ2n) is 4.08. The van der Waals surface area contributed by atoms with Crippen LogP contribution in [0.3, 0.4) is 0 Å². The van der Waals surface area contributed by atoms with Crippen LogP contribution in [0, 0.1) is 12.3 Å². The van der Waals surface area contributed by atoms with Crippen molar-refractivity contribution in [1.82, 2.24) is 10.3 Å². The fraction of sp³-hybridized carbons (Fsp3) is 0.538. The van der Waals surface area contributed by atoms with Crippen LogP contribution in [0.25, 0.3) is 0 Å². The number of terminal acetylenes is 1. The number of unbranched alkanes of at least 4 members (excludes halogenated alkanes) is 2. The third kappa shape index (κ3) is 5.18. The number of aromatic nitrogens is 1. The van der Waals surface area contributed by atoms with Crippen molar-refractivity contribution in [2.24, 2.45) is 0 Å². The van der Waals surface area contributed by atoms with E-state index < -0.39 is 0 Å². The van der Waals surface area contributed by atoms with Gasteiger partial charge in [0.25, 0.3) is 5.91 Å². The van der Waals surface area contributed by atoms with Crippen LogP contribution in [0.15, 0.2) is 0 Å². The van der Waals surface area contributed by atoms with Crippen LogP contribution in [0.1, 0.15) is 42.3 Å². The lowest BCUT2D eigenvalue weighted by atomic mass is 10.2. The van der Waals surface area contributed by atoms with Crippen LogP contribution in [-0.4, -0.2) is 24.0 Å². The molecule has 0 spiro atoms. The van der Waals surface area contributed by atoms with Crippen molar-refractivity contribution in [3.63, 3.8) is 0 Å². The zero-order valence-corrected chi connectivity index (χ0v) is 12.0. The lowest BCUT2D eigenvalue weighted by Gasteiger charge is -2.02. The van der Waals surface area contributed by atoms with Gasteiger partial charge < -0.3 is 16.4 Å². The molecule has 0 bridgehead atoms. The topological polar surface area (TPSA) is 80.0 Å². The average Bonchev–Trinajstić information content (AvgIpc) is 2.77. The van der Waals surface area contributed by atoms with Crippen LogP contribution in [-0.2, 0) is 0 Å². The molecule has 19 heavy (non-hydrogen) atoms. The van der Waals surface area contributed by atoms with Crippen molar-refractivity contribution >= 4 is 28.2 Å². The summed E-state index contributed by atoms with van der Waals surface area (Å²) >= 11 is 1.28. The summed E-state index contributed by atoms with van der Waals surface area (Å²) < 4.78 is 0. The number of nitrogens with one attached hydrogen (secondary N) is 2. The SMILES string of the molecule is C#CCCCCNC(=O)c1sc(NCCC)nc1N. The van der Waals surface area contributed by atoms with Gasteiger partial charge in [-0.05, 0) is 19.3 Å². The molecular formula is C13H20N4OS. The number of nitrogens with two attached hydrogens (primary N) is 1. The Balaban J connectivity index is 2.43. The third-order valence-electron chi connectivity index (χ3n) is 2.42. The molecule has 0 aliphatic heterocycles. The van der Waals surface area contributed by atoms with Crippen LogP contribution in [0.5, 0.6) is 0 Å². The summed E-state index contributed by atoms with van der Waals surface area (Å²) in [4.78, 5) is 16.5. The lowest BCUT2D eigenvalue weighted by Crippen LogP contribution is -2.24. The highest BCUT2D eigenvalue weighted by Gasteiger charge is 2.15. The van der Waals surface area contributed by atoms with Crippen LogP contribution < -0.4 is 16.4 Å². The minimum atomic E-state index is -0.166. The normalized spacial score (nSPS) is 9.89. The van der Waals surface area contributed by atoms with E-state index in [0.717, 1.165) is 32.2 Å². The molecule has 0 unspecified atom stereocenters. The van der Waals surface area contributed by atoms with Crippen molar-refractivity contribution in [3.8, 4) is 12.3 Å². The molecule has 1 aromatic rings. The Morgan fingerprint density at radius 1 is 1.47 bits per heavy atom. The second kappa shape index (κ2) is 8.38. The Kier molecular flexibility index (Phi) is 6.75. The average molecular weight is 280 g/mol. The molecule has 0 aromatic carbocycles. The maximum absolute atomic E-state index is 11.9. The van der Waals surface area contributed by atoms with E-state index >= 15 is 0 Å². The summed E-state index contributed by atoms with van der Waals surface area (Å²) in [6.45, 7) is 3.49. The standard InChI is InChI=1S/C13H20N4OS/c1-3-5-6-7-9-15-12(18)10-11(14)17-13(19-10)16-8-4-2/h1H,4-9,14H2,2H3,(H,15,18)(H,16,17). The van der Waals surface area contributed by atoms with Gasteiger partial charge in [0.2, 0.25) is 0 Å². The molecule has 1 rings (SSSR count). The van der Waals surface area contributed by atoms with Crippen LogP contribution in [0.2, 0.25) is 0 Å². The number of anilines is 2. The molecule has 0 aliphatic carbocycles. The predicted octanol–water partition coefficient (Wildman–Crippen LogP) is 2.08. The quantitative estimate of drug-likeness (QED) is 0.503. The highest BCUT2D eigenvalue weighted by atomic mass is 32.1. The number of thiazole rings is 1. The van der Waals surface area contributed by atoms with Crippen molar-refractivity contribution in [3.05, 3.63) is 4.88 Å². The van der Waals surface area contributed by atoms with E-state index in [-0.39, 0.29) is 11.7 Å². The van der Waals surface area contributed by atoms with E-state index in [1.54, 1.807) is 0 Å². The summed E-state index contributed by atoms with van der Waals surface area (Å²) in [6, 6.07) is 0. The monoisotopic (exact) mass is 280 g/mol. The smallest absolute Gasteiger partial charge is 0.265 e. The maximum Gasteiger partial charge on any atom is 0.265 e. The molecule has 0 saturated carbocycles. The minimum Gasteiger partial charge on any atom is -0.382 e. The number of carbonyl (C=O) groups is 1. The van der Waals surface area contributed by atoms with E-state index in [9.17, 15) is 4.79 Å². The Labute approximate surface area is 118 Å². The fourth-order valence-electron chi connectivity index (χ4n) is 1.44. The minimum absolute atomic E-state index is 0.166. The summed E-state index contributed by atoms with van der Waals surface area (Å²) in [5, 5.41) is 6.63. The third-order valence-corrected chi connectivity index (χ3v) is 3.45. The molecule has 104 valence electrons. The Morgan fingerprint density at radius 2 is 2.26 bits per heavy atom. The van der Waals surface area contributed by atoms with E-state index in [0.29, 0.717) is 16.6 Å². The zero-order chi connectivity index (χ0) is 14.1. The Morgan fingerprint density at radius 3 is 2.95 bits per heavy atom. The van der Waals surface area contributed by atoms with Gasteiger partial charge in [-0.3, -0.25) is 4.79 Å². The summed E-state index contributed by atoms with van der Waals surface area (Å²) in [7, 11) is 0. The molecule has 1 heterocycles. The molecule has 0 fully saturated rings. The number of nitrogens with zero attached hydrogens (tertiary/aromatic N) is 1. The van der Waals surface area contributed by atoms with Gasteiger partial charge in [0.05, 0.1) is 0 Å². The molecule has 0 aliphatic rings. The fourth-order valence-corrected chi connectivity index (χ4v) is 2.26. The predicted molar refractivity (Wildman–Crippen MR) is 80.3 cm³/mol. The van der Waals surface area contributed by atoms with Crippen molar-refractivity contribution in [2.75, 3.05) is 24.1 Å². The van der Waals surface area contributed by atoms with Crippen LogP contribution >= 0.6 is 11.3 Å². The molecule has 5 nitrogen and oxygen atoms in total. The van der Waals surface area contributed by atoms with E-state index in [4.69, 9.17) is 12.2 Å². The van der Waals surface area contributed by atoms with Gasteiger partial charge in [0.1, 0.15) is 10.7 Å². The molecular weight excluding hydrogens is 260 g/mol. The number of hydrogen-bond donors (Lipinski definition) is 3. The summed E-state index contributed by atoms with van der Waals surface area (Å²) in [6.07, 6.45) is 8.68. The van der Waals surface area contributed by atoms with Gasteiger partial charge in [-0.25, -0.2) is 4.98 Å². The van der Waals surface area contributed by atoms with Gasteiger partial charge in [-0.1, -0.05) is 18.3 Å². The first kappa shape index (κ1) is 15.3. The zero-order valence-electron chi connectivity index (χ0n) is 11.2.